The predicted molar refractivity (Wildman–Crippen MR) is 61.8 cm³/mol. The van der Waals surface area contributed by atoms with Gasteiger partial charge in [0.2, 0.25) is 0 Å². The van der Waals surface area contributed by atoms with E-state index in [-0.39, 0.29) is 12.5 Å². The molecule has 16 heavy (non-hydrogen) atoms. The molecule has 84 valence electrons. The highest BCUT2D eigenvalue weighted by Crippen LogP contribution is 2.37. The lowest BCUT2D eigenvalue weighted by Gasteiger charge is -2.29. The smallest absolute Gasteiger partial charge is 0.265 e. The third kappa shape index (κ3) is 1.66. The van der Waals surface area contributed by atoms with Crippen molar-refractivity contribution in [3.8, 4) is 5.75 Å². The highest BCUT2D eigenvalue weighted by atomic mass is 16.5. The van der Waals surface area contributed by atoms with Gasteiger partial charge in [0.05, 0.1) is 5.69 Å². The van der Waals surface area contributed by atoms with E-state index in [0.717, 1.165) is 18.0 Å². The summed E-state index contributed by atoms with van der Waals surface area (Å²) in [6.45, 7) is 3.08. The molecule has 0 unspecified atom stereocenters. The molecule has 1 aliphatic carbocycles. The monoisotopic (exact) mass is 217 g/mol. The van der Waals surface area contributed by atoms with Crippen LogP contribution in [0.2, 0.25) is 0 Å². The topological polar surface area (TPSA) is 29.5 Å². The Morgan fingerprint density at radius 2 is 2.25 bits per heavy atom. The average Bonchev–Trinajstić information content (AvgIpc) is 3.06. The van der Waals surface area contributed by atoms with Crippen LogP contribution in [-0.2, 0) is 4.79 Å². The highest BCUT2D eigenvalue weighted by Gasteiger charge is 2.31. The molecule has 1 fully saturated rings. The molecule has 0 spiro atoms. The SMILES string of the molecule is Cc1ccc2c(c1)OCC(=O)N2CC1CC1. The van der Waals surface area contributed by atoms with Gasteiger partial charge >= 0.3 is 0 Å². The number of aryl methyl sites for hydroxylation is 1. The molecule has 1 amide bonds. The van der Waals surface area contributed by atoms with Crippen LogP contribution in [0.25, 0.3) is 0 Å². The van der Waals surface area contributed by atoms with Crippen molar-refractivity contribution in [3.05, 3.63) is 23.8 Å². The van der Waals surface area contributed by atoms with Crippen molar-refractivity contribution in [1.82, 2.24) is 0 Å². The molecule has 3 heteroatoms. The van der Waals surface area contributed by atoms with Gasteiger partial charge in [-0.25, -0.2) is 0 Å². The van der Waals surface area contributed by atoms with Crippen molar-refractivity contribution in [2.75, 3.05) is 18.1 Å². The van der Waals surface area contributed by atoms with Crippen molar-refractivity contribution in [3.63, 3.8) is 0 Å². The minimum absolute atomic E-state index is 0.0863. The first-order valence-corrected chi connectivity index (χ1v) is 5.78. The van der Waals surface area contributed by atoms with Crippen LogP contribution in [0.3, 0.4) is 0 Å². The second kappa shape index (κ2) is 3.51. The number of benzene rings is 1. The molecule has 0 N–H and O–H groups in total. The van der Waals surface area contributed by atoms with Crippen LogP contribution in [0.4, 0.5) is 5.69 Å². The van der Waals surface area contributed by atoms with E-state index in [0.29, 0.717) is 5.92 Å². The summed E-state index contributed by atoms with van der Waals surface area (Å²) in [5.74, 6) is 1.64. The normalized spacial score (nSPS) is 19.3. The number of nitrogens with zero attached hydrogens (tertiary/aromatic N) is 1. The van der Waals surface area contributed by atoms with Gasteiger partial charge in [-0.05, 0) is 43.4 Å². The van der Waals surface area contributed by atoms with E-state index in [4.69, 9.17) is 4.74 Å². The summed E-state index contributed by atoms with van der Waals surface area (Å²) >= 11 is 0. The van der Waals surface area contributed by atoms with Crippen LogP contribution < -0.4 is 9.64 Å². The number of rotatable bonds is 2. The number of amides is 1. The Labute approximate surface area is 95.0 Å². The fourth-order valence-corrected chi connectivity index (χ4v) is 2.07. The Hall–Kier alpha value is -1.51. The van der Waals surface area contributed by atoms with Crippen LogP contribution >= 0.6 is 0 Å². The van der Waals surface area contributed by atoms with Crippen molar-refractivity contribution in [2.45, 2.75) is 19.8 Å². The number of hydrogen-bond donors (Lipinski definition) is 0. The Bertz CT molecular complexity index is 438. The van der Waals surface area contributed by atoms with Crippen LogP contribution in [0.1, 0.15) is 18.4 Å². The molecule has 1 saturated carbocycles. The van der Waals surface area contributed by atoms with E-state index in [9.17, 15) is 4.79 Å². The molecule has 1 heterocycles. The Morgan fingerprint density at radius 1 is 1.44 bits per heavy atom. The van der Waals surface area contributed by atoms with Gasteiger partial charge < -0.3 is 9.64 Å². The van der Waals surface area contributed by atoms with Gasteiger partial charge in [0.1, 0.15) is 5.75 Å². The highest BCUT2D eigenvalue weighted by molar-refractivity contribution is 5.97. The Morgan fingerprint density at radius 3 is 3.00 bits per heavy atom. The molecule has 1 aromatic carbocycles. The quantitative estimate of drug-likeness (QED) is 0.759. The van der Waals surface area contributed by atoms with Crippen LogP contribution in [-0.4, -0.2) is 19.1 Å². The lowest BCUT2D eigenvalue weighted by Crippen LogP contribution is -2.40. The van der Waals surface area contributed by atoms with Crippen LogP contribution in [0, 0.1) is 12.8 Å². The summed E-state index contributed by atoms with van der Waals surface area (Å²) in [5.41, 5.74) is 2.10. The van der Waals surface area contributed by atoms with E-state index < -0.39 is 0 Å². The van der Waals surface area contributed by atoms with Crippen molar-refractivity contribution in [1.29, 1.82) is 0 Å². The first kappa shape index (κ1) is 9.70. The molecule has 0 radical (unpaired) electrons. The molecular formula is C13H15NO2. The van der Waals surface area contributed by atoms with Gasteiger partial charge in [-0.1, -0.05) is 6.07 Å². The number of carbonyl (C=O) groups is 1. The van der Waals surface area contributed by atoms with Gasteiger partial charge in [-0.2, -0.15) is 0 Å². The maximum absolute atomic E-state index is 11.8. The maximum atomic E-state index is 11.8. The van der Waals surface area contributed by atoms with E-state index in [1.807, 2.05) is 30.0 Å². The van der Waals surface area contributed by atoms with Crippen molar-refractivity contribution in [2.24, 2.45) is 5.92 Å². The fourth-order valence-electron chi connectivity index (χ4n) is 2.07. The minimum atomic E-state index is 0.0863. The lowest BCUT2D eigenvalue weighted by atomic mass is 10.1. The second-order valence-corrected chi connectivity index (χ2v) is 4.71. The fraction of sp³-hybridized carbons (Fsp3) is 0.462. The summed E-state index contributed by atoms with van der Waals surface area (Å²) < 4.78 is 5.46. The summed E-state index contributed by atoms with van der Waals surface area (Å²) in [7, 11) is 0. The van der Waals surface area contributed by atoms with E-state index in [2.05, 4.69) is 0 Å². The third-order valence-corrected chi connectivity index (χ3v) is 3.20. The van der Waals surface area contributed by atoms with E-state index in [1.165, 1.54) is 18.4 Å². The van der Waals surface area contributed by atoms with Crippen LogP contribution in [0.15, 0.2) is 18.2 Å². The zero-order chi connectivity index (χ0) is 11.1. The maximum Gasteiger partial charge on any atom is 0.265 e. The van der Waals surface area contributed by atoms with Gasteiger partial charge in [-0.3, -0.25) is 4.79 Å². The predicted octanol–water partition coefficient (Wildman–Crippen LogP) is 2.13. The van der Waals surface area contributed by atoms with Crippen molar-refractivity contribution < 1.29 is 9.53 Å². The molecular weight excluding hydrogens is 202 g/mol. The zero-order valence-electron chi connectivity index (χ0n) is 9.40. The number of fused-ring (bicyclic) bond motifs is 1. The summed E-state index contributed by atoms with van der Waals surface area (Å²) in [4.78, 5) is 13.7. The minimum Gasteiger partial charge on any atom is -0.482 e. The molecule has 0 atom stereocenters. The van der Waals surface area contributed by atoms with E-state index >= 15 is 0 Å². The molecule has 1 aliphatic heterocycles. The number of hydrogen-bond acceptors (Lipinski definition) is 2. The average molecular weight is 217 g/mol. The Balaban J connectivity index is 1.95. The molecule has 0 saturated heterocycles. The van der Waals surface area contributed by atoms with Gasteiger partial charge in [0.15, 0.2) is 6.61 Å². The molecule has 3 nitrogen and oxygen atoms in total. The number of anilines is 1. The van der Waals surface area contributed by atoms with Gasteiger partial charge in [0, 0.05) is 6.54 Å². The van der Waals surface area contributed by atoms with Crippen molar-refractivity contribution >= 4 is 11.6 Å². The summed E-state index contributed by atoms with van der Waals surface area (Å²) in [6.07, 6.45) is 2.51. The van der Waals surface area contributed by atoms with Crippen LogP contribution in [0.5, 0.6) is 5.75 Å². The molecule has 3 rings (SSSR count). The zero-order valence-corrected chi connectivity index (χ0v) is 9.40. The second-order valence-electron chi connectivity index (χ2n) is 4.71. The lowest BCUT2D eigenvalue weighted by molar-refractivity contribution is -0.121. The number of ether oxygens (including phenoxy) is 1. The molecule has 0 bridgehead atoms. The standard InChI is InChI=1S/C13H15NO2/c1-9-2-5-11-12(6-9)16-8-13(15)14(11)7-10-3-4-10/h2,5-6,10H,3-4,7-8H2,1H3. The van der Waals surface area contributed by atoms with Gasteiger partial charge in [-0.15, -0.1) is 0 Å². The van der Waals surface area contributed by atoms with Gasteiger partial charge in [0.25, 0.3) is 5.91 Å². The first-order valence-electron chi connectivity index (χ1n) is 5.78. The first-order chi connectivity index (χ1) is 7.74. The number of carbonyl (C=O) groups excluding carboxylic acids is 1. The largest absolute Gasteiger partial charge is 0.482 e. The van der Waals surface area contributed by atoms with E-state index in [1.54, 1.807) is 0 Å². The Kier molecular flexibility index (Phi) is 2.13. The summed E-state index contributed by atoms with van der Waals surface area (Å²) in [5, 5.41) is 0. The molecule has 2 aliphatic rings. The third-order valence-electron chi connectivity index (χ3n) is 3.20. The molecule has 1 aromatic rings. The summed E-state index contributed by atoms with van der Waals surface area (Å²) in [6, 6.07) is 6.02. The molecule has 0 aromatic heterocycles.